The molecule has 4 heterocycles. The predicted molar refractivity (Wildman–Crippen MR) is 104 cm³/mol. The second-order valence-electron chi connectivity index (χ2n) is 6.61. The maximum absolute atomic E-state index is 5.97. The Kier molecular flexibility index (Phi) is 4.65. The summed E-state index contributed by atoms with van der Waals surface area (Å²) in [7, 11) is 3.40. The summed E-state index contributed by atoms with van der Waals surface area (Å²) >= 11 is 1.63. The Morgan fingerprint density at radius 2 is 2.11 bits per heavy atom. The number of ether oxygens (including phenoxy) is 2. The predicted octanol–water partition coefficient (Wildman–Crippen LogP) is 2.14. The van der Waals surface area contributed by atoms with Crippen molar-refractivity contribution in [3.05, 3.63) is 28.7 Å². The van der Waals surface area contributed by atoms with Gasteiger partial charge in [0.2, 0.25) is 5.95 Å². The molecule has 0 aliphatic carbocycles. The third-order valence-corrected chi connectivity index (χ3v) is 5.97. The maximum atomic E-state index is 5.97. The fourth-order valence-corrected chi connectivity index (χ4v) is 4.56. The van der Waals surface area contributed by atoms with Crippen molar-refractivity contribution in [2.75, 3.05) is 25.7 Å². The molecule has 0 fully saturated rings. The molecule has 1 aliphatic rings. The molecule has 142 valence electrons. The quantitative estimate of drug-likeness (QED) is 0.681. The minimum absolute atomic E-state index is 0.0799. The minimum Gasteiger partial charge on any atom is -0.496 e. The number of thioether (sulfide) groups is 1. The number of pyridine rings is 1. The molecule has 1 unspecified atom stereocenters. The standard InChI is InChI=1S/C18H22N6O2S/c1-9-6-20-13(10(2)15(9)26-4)7-24-16-14-12(23-24)5-11(25-3)8-27-17(14)22-18(19)21-16/h6,11H,5,7-8H2,1-4H3,(H2,19,21,22). The second kappa shape index (κ2) is 6.97. The van der Waals surface area contributed by atoms with Crippen molar-refractivity contribution in [2.24, 2.45) is 0 Å². The van der Waals surface area contributed by atoms with Crippen molar-refractivity contribution in [3.63, 3.8) is 0 Å². The van der Waals surface area contributed by atoms with Crippen LogP contribution in [0.4, 0.5) is 5.95 Å². The summed E-state index contributed by atoms with van der Waals surface area (Å²) < 4.78 is 13.0. The number of anilines is 1. The summed E-state index contributed by atoms with van der Waals surface area (Å²) in [5.74, 6) is 1.91. The van der Waals surface area contributed by atoms with E-state index in [2.05, 4.69) is 15.0 Å². The van der Waals surface area contributed by atoms with Crippen molar-refractivity contribution >= 4 is 28.7 Å². The lowest BCUT2D eigenvalue weighted by Crippen LogP contribution is -2.17. The summed E-state index contributed by atoms with van der Waals surface area (Å²) in [4.78, 5) is 13.5. The van der Waals surface area contributed by atoms with E-state index in [4.69, 9.17) is 20.3 Å². The fraction of sp³-hybridized carbons (Fsp3) is 0.444. The van der Waals surface area contributed by atoms with Crippen LogP contribution in [0.1, 0.15) is 22.5 Å². The Morgan fingerprint density at radius 3 is 2.85 bits per heavy atom. The molecular formula is C18H22N6O2S. The molecule has 0 saturated heterocycles. The smallest absolute Gasteiger partial charge is 0.223 e. The van der Waals surface area contributed by atoms with Gasteiger partial charge in [0.25, 0.3) is 0 Å². The highest BCUT2D eigenvalue weighted by molar-refractivity contribution is 7.99. The number of methoxy groups -OCH3 is 2. The summed E-state index contributed by atoms with van der Waals surface area (Å²) in [6.45, 7) is 4.48. The molecule has 3 aromatic heterocycles. The van der Waals surface area contributed by atoms with E-state index in [9.17, 15) is 0 Å². The SMILES string of the molecule is COc1c(C)cnc(Cn2nc3c4c(nc(N)nc42)SCC(OC)C3)c1C. The molecule has 9 heteroatoms. The molecule has 1 aliphatic heterocycles. The molecule has 8 nitrogen and oxygen atoms in total. The van der Waals surface area contributed by atoms with Gasteiger partial charge in [0.05, 0.1) is 36.5 Å². The van der Waals surface area contributed by atoms with E-state index in [1.165, 1.54) is 0 Å². The number of hydrogen-bond acceptors (Lipinski definition) is 8. The molecule has 0 bridgehead atoms. The first-order chi connectivity index (χ1) is 13.0. The minimum atomic E-state index is 0.0799. The zero-order valence-corrected chi connectivity index (χ0v) is 16.6. The van der Waals surface area contributed by atoms with Gasteiger partial charge in [-0.05, 0) is 13.8 Å². The molecule has 3 aromatic rings. The highest BCUT2D eigenvalue weighted by Crippen LogP contribution is 2.34. The van der Waals surface area contributed by atoms with Gasteiger partial charge in [-0.25, -0.2) is 9.67 Å². The maximum Gasteiger partial charge on any atom is 0.223 e. The Bertz CT molecular complexity index is 1020. The van der Waals surface area contributed by atoms with Crippen LogP contribution in [0.15, 0.2) is 11.2 Å². The third-order valence-electron chi connectivity index (χ3n) is 4.86. The zero-order chi connectivity index (χ0) is 19.1. The van der Waals surface area contributed by atoms with Crippen molar-refractivity contribution in [1.82, 2.24) is 24.7 Å². The van der Waals surface area contributed by atoms with E-state index < -0.39 is 0 Å². The van der Waals surface area contributed by atoms with Gasteiger partial charge < -0.3 is 15.2 Å². The molecule has 0 aromatic carbocycles. The molecule has 0 saturated carbocycles. The van der Waals surface area contributed by atoms with Crippen molar-refractivity contribution in [3.8, 4) is 5.75 Å². The molecule has 27 heavy (non-hydrogen) atoms. The van der Waals surface area contributed by atoms with E-state index in [0.717, 1.165) is 56.5 Å². The van der Waals surface area contributed by atoms with Crippen molar-refractivity contribution in [1.29, 1.82) is 0 Å². The van der Waals surface area contributed by atoms with Crippen LogP contribution in [0.25, 0.3) is 11.0 Å². The molecule has 1 atom stereocenters. The van der Waals surface area contributed by atoms with Crippen LogP contribution < -0.4 is 10.5 Å². The summed E-state index contributed by atoms with van der Waals surface area (Å²) in [6.07, 6.45) is 2.62. The van der Waals surface area contributed by atoms with Gasteiger partial charge in [-0.15, -0.1) is 11.8 Å². The molecule has 2 N–H and O–H groups in total. The van der Waals surface area contributed by atoms with Gasteiger partial charge in [0.15, 0.2) is 5.65 Å². The van der Waals surface area contributed by atoms with Gasteiger partial charge >= 0.3 is 0 Å². The average Bonchev–Trinajstić information content (AvgIpc) is 2.87. The topological polar surface area (TPSA) is 101 Å². The van der Waals surface area contributed by atoms with Gasteiger partial charge in [0, 0.05) is 36.6 Å². The van der Waals surface area contributed by atoms with Crippen molar-refractivity contribution < 1.29 is 9.47 Å². The average molecular weight is 386 g/mol. The van der Waals surface area contributed by atoms with Gasteiger partial charge in [-0.2, -0.15) is 10.1 Å². The summed E-state index contributed by atoms with van der Waals surface area (Å²) in [5, 5.41) is 6.65. The molecular weight excluding hydrogens is 364 g/mol. The van der Waals surface area contributed by atoms with E-state index in [0.29, 0.717) is 6.54 Å². The van der Waals surface area contributed by atoms with E-state index in [-0.39, 0.29) is 12.1 Å². The van der Waals surface area contributed by atoms with Gasteiger partial charge in [-0.3, -0.25) is 4.98 Å². The Labute approximate surface area is 161 Å². The molecule has 0 radical (unpaired) electrons. The molecule has 0 spiro atoms. The van der Waals surface area contributed by atoms with Crippen LogP contribution >= 0.6 is 11.8 Å². The number of hydrogen-bond donors (Lipinski definition) is 1. The lowest BCUT2D eigenvalue weighted by molar-refractivity contribution is 0.122. The fourth-order valence-electron chi connectivity index (χ4n) is 3.46. The lowest BCUT2D eigenvalue weighted by Gasteiger charge is -2.13. The number of aromatic nitrogens is 5. The number of nitrogens with two attached hydrogens (primary N) is 1. The normalized spacial score (nSPS) is 16.5. The van der Waals surface area contributed by atoms with Crippen LogP contribution in [-0.4, -0.2) is 50.8 Å². The Hall–Kier alpha value is -2.39. The van der Waals surface area contributed by atoms with Gasteiger partial charge in [-0.1, -0.05) is 0 Å². The number of rotatable bonds is 4. The van der Waals surface area contributed by atoms with E-state index >= 15 is 0 Å². The van der Waals surface area contributed by atoms with Crippen LogP contribution in [-0.2, 0) is 17.7 Å². The summed E-state index contributed by atoms with van der Waals surface area (Å²) in [5.41, 5.74) is 10.5. The molecule has 0 amide bonds. The first-order valence-corrected chi connectivity index (χ1v) is 9.68. The van der Waals surface area contributed by atoms with Crippen LogP contribution in [0.3, 0.4) is 0 Å². The zero-order valence-electron chi connectivity index (χ0n) is 15.8. The first-order valence-electron chi connectivity index (χ1n) is 8.69. The monoisotopic (exact) mass is 386 g/mol. The third kappa shape index (κ3) is 3.10. The number of aryl methyl sites for hydroxylation is 1. The Balaban J connectivity index is 1.83. The summed E-state index contributed by atoms with van der Waals surface area (Å²) in [6, 6.07) is 0. The molecule has 4 rings (SSSR count). The highest BCUT2D eigenvalue weighted by atomic mass is 32.2. The lowest BCUT2D eigenvalue weighted by atomic mass is 10.1. The van der Waals surface area contributed by atoms with E-state index in [1.807, 2.05) is 24.7 Å². The first kappa shape index (κ1) is 18.0. The number of nitrogen functional groups attached to an aromatic ring is 1. The van der Waals surface area contributed by atoms with Gasteiger partial charge in [0.1, 0.15) is 10.8 Å². The van der Waals surface area contributed by atoms with Crippen LogP contribution in [0.2, 0.25) is 0 Å². The second-order valence-corrected chi connectivity index (χ2v) is 7.62. The number of nitrogens with zero attached hydrogens (tertiary/aromatic N) is 5. The van der Waals surface area contributed by atoms with E-state index in [1.54, 1.807) is 26.0 Å². The Morgan fingerprint density at radius 1 is 1.30 bits per heavy atom. The van der Waals surface area contributed by atoms with Crippen LogP contribution in [0, 0.1) is 13.8 Å². The van der Waals surface area contributed by atoms with Crippen molar-refractivity contribution in [2.45, 2.75) is 37.9 Å². The van der Waals surface area contributed by atoms with Crippen LogP contribution in [0.5, 0.6) is 5.75 Å². The largest absolute Gasteiger partial charge is 0.496 e. The highest BCUT2D eigenvalue weighted by Gasteiger charge is 2.26.